The molecule has 1 fully saturated rings. The highest BCUT2D eigenvalue weighted by Crippen LogP contribution is 2.16. The molecule has 0 radical (unpaired) electrons. The first kappa shape index (κ1) is 13.9. The topological polar surface area (TPSA) is 55.7 Å². The number of likely N-dealkylation sites (tertiary alicyclic amines) is 1. The minimum Gasteiger partial charge on any atom is -0.396 e. The first-order valence-corrected chi connectivity index (χ1v) is 6.28. The van der Waals surface area contributed by atoms with E-state index in [0.717, 1.165) is 19.0 Å². The van der Waals surface area contributed by atoms with E-state index in [-0.39, 0.29) is 18.6 Å². The molecule has 4 nitrogen and oxygen atoms in total. The van der Waals surface area contributed by atoms with Crippen LogP contribution in [0, 0.1) is 11.3 Å². The number of aliphatic hydroxyl groups excluding tert-OH is 2. The zero-order chi connectivity index (χ0) is 12.0. The second kappa shape index (κ2) is 6.55. The lowest BCUT2D eigenvalue weighted by molar-refractivity contribution is 0.0690. The summed E-state index contributed by atoms with van der Waals surface area (Å²) in [4.78, 5) is 2.46. The van der Waals surface area contributed by atoms with E-state index >= 15 is 0 Å². The van der Waals surface area contributed by atoms with E-state index in [0.29, 0.717) is 6.54 Å². The minimum absolute atomic E-state index is 0.0300. The average Bonchev–Trinajstić information content (AvgIpc) is 2.77. The van der Waals surface area contributed by atoms with Crippen LogP contribution >= 0.6 is 0 Å². The Morgan fingerprint density at radius 2 is 2.06 bits per heavy atom. The lowest BCUT2D eigenvalue weighted by atomic mass is 9.93. The SMILES string of the molecule is CCN1CCC(CNCC(C)(CO)CO)C1. The summed E-state index contributed by atoms with van der Waals surface area (Å²) in [6.07, 6.45) is 1.26. The Labute approximate surface area is 98.6 Å². The monoisotopic (exact) mass is 230 g/mol. The lowest BCUT2D eigenvalue weighted by Gasteiger charge is -2.25. The summed E-state index contributed by atoms with van der Waals surface area (Å²) >= 11 is 0. The van der Waals surface area contributed by atoms with Gasteiger partial charge in [-0.2, -0.15) is 0 Å². The Kier molecular flexibility index (Phi) is 5.69. The fourth-order valence-electron chi connectivity index (χ4n) is 2.11. The van der Waals surface area contributed by atoms with Gasteiger partial charge in [0, 0.05) is 18.5 Å². The predicted octanol–water partition coefficient (Wildman–Crippen LogP) is -0.0913. The van der Waals surface area contributed by atoms with Gasteiger partial charge in [-0.25, -0.2) is 0 Å². The number of hydrogen-bond acceptors (Lipinski definition) is 4. The summed E-state index contributed by atoms with van der Waals surface area (Å²) in [6.45, 7) is 9.36. The van der Waals surface area contributed by atoms with E-state index in [1.807, 2.05) is 6.92 Å². The number of aliphatic hydroxyl groups is 2. The molecule has 0 aromatic heterocycles. The van der Waals surface area contributed by atoms with E-state index in [1.54, 1.807) is 0 Å². The molecular formula is C12H26N2O2. The van der Waals surface area contributed by atoms with Crippen LogP contribution in [-0.4, -0.2) is 61.1 Å². The highest BCUT2D eigenvalue weighted by atomic mass is 16.3. The molecule has 3 N–H and O–H groups in total. The van der Waals surface area contributed by atoms with Gasteiger partial charge in [0.25, 0.3) is 0 Å². The quantitative estimate of drug-likeness (QED) is 0.572. The van der Waals surface area contributed by atoms with E-state index in [1.165, 1.54) is 19.5 Å². The van der Waals surface area contributed by atoms with Crippen LogP contribution in [-0.2, 0) is 0 Å². The summed E-state index contributed by atoms with van der Waals surface area (Å²) in [5, 5.41) is 21.7. The summed E-state index contributed by atoms with van der Waals surface area (Å²) < 4.78 is 0. The molecule has 0 aliphatic carbocycles. The summed E-state index contributed by atoms with van der Waals surface area (Å²) in [5.41, 5.74) is -0.386. The van der Waals surface area contributed by atoms with Crippen LogP contribution < -0.4 is 5.32 Å². The third-order valence-corrected chi connectivity index (χ3v) is 3.57. The van der Waals surface area contributed by atoms with E-state index in [2.05, 4.69) is 17.1 Å². The fraction of sp³-hybridized carbons (Fsp3) is 1.00. The summed E-state index contributed by atoms with van der Waals surface area (Å²) in [6, 6.07) is 0. The van der Waals surface area contributed by atoms with Crippen LogP contribution in [0.15, 0.2) is 0 Å². The molecule has 1 aliphatic heterocycles. The van der Waals surface area contributed by atoms with Crippen molar-refractivity contribution in [2.75, 3.05) is 45.9 Å². The van der Waals surface area contributed by atoms with Gasteiger partial charge in [0.2, 0.25) is 0 Å². The maximum atomic E-state index is 9.15. The van der Waals surface area contributed by atoms with Crippen LogP contribution in [0.25, 0.3) is 0 Å². The predicted molar refractivity (Wildman–Crippen MR) is 65.4 cm³/mol. The van der Waals surface area contributed by atoms with Gasteiger partial charge in [-0.05, 0) is 32.0 Å². The van der Waals surface area contributed by atoms with Crippen molar-refractivity contribution in [3.05, 3.63) is 0 Å². The molecule has 1 atom stereocenters. The Bertz CT molecular complexity index is 195. The van der Waals surface area contributed by atoms with Crippen molar-refractivity contribution >= 4 is 0 Å². The van der Waals surface area contributed by atoms with Crippen LogP contribution in [0.5, 0.6) is 0 Å². The van der Waals surface area contributed by atoms with Gasteiger partial charge in [-0.1, -0.05) is 13.8 Å². The molecule has 96 valence electrons. The molecule has 0 bridgehead atoms. The zero-order valence-corrected chi connectivity index (χ0v) is 10.6. The zero-order valence-electron chi connectivity index (χ0n) is 10.6. The second-order valence-corrected chi connectivity index (χ2v) is 5.31. The third-order valence-electron chi connectivity index (χ3n) is 3.57. The molecule has 0 spiro atoms. The smallest absolute Gasteiger partial charge is 0.0518 e. The fourth-order valence-corrected chi connectivity index (χ4v) is 2.11. The minimum atomic E-state index is -0.386. The molecule has 1 unspecified atom stereocenters. The van der Waals surface area contributed by atoms with Crippen LogP contribution in [0.4, 0.5) is 0 Å². The summed E-state index contributed by atoms with van der Waals surface area (Å²) in [7, 11) is 0. The molecule has 1 saturated heterocycles. The van der Waals surface area contributed by atoms with Crippen LogP contribution in [0.1, 0.15) is 20.3 Å². The maximum Gasteiger partial charge on any atom is 0.0518 e. The molecule has 0 amide bonds. The van der Waals surface area contributed by atoms with Crippen LogP contribution in [0.3, 0.4) is 0 Å². The van der Waals surface area contributed by atoms with Gasteiger partial charge in [0.1, 0.15) is 0 Å². The standard InChI is InChI=1S/C12H26N2O2/c1-3-14-5-4-11(7-14)6-13-8-12(2,9-15)10-16/h11,13,15-16H,3-10H2,1-2H3. The molecule has 1 aliphatic rings. The van der Waals surface area contributed by atoms with Gasteiger partial charge >= 0.3 is 0 Å². The van der Waals surface area contributed by atoms with Gasteiger partial charge in [-0.3, -0.25) is 0 Å². The summed E-state index contributed by atoms with van der Waals surface area (Å²) in [5.74, 6) is 0.724. The average molecular weight is 230 g/mol. The molecule has 16 heavy (non-hydrogen) atoms. The van der Waals surface area contributed by atoms with Crippen molar-refractivity contribution in [3.8, 4) is 0 Å². The van der Waals surface area contributed by atoms with Crippen molar-refractivity contribution in [1.29, 1.82) is 0 Å². The van der Waals surface area contributed by atoms with Crippen molar-refractivity contribution in [2.45, 2.75) is 20.3 Å². The van der Waals surface area contributed by atoms with Gasteiger partial charge < -0.3 is 20.4 Å². The molecule has 1 rings (SSSR count). The molecule has 0 aromatic carbocycles. The second-order valence-electron chi connectivity index (χ2n) is 5.31. The van der Waals surface area contributed by atoms with E-state index in [9.17, 15) is 0 Å². The van der Waals surface area contributed by atoms with E-state index in [4.69, 9.17) is 10.2 Å². The Morgan fingerprint density at radius 1 is 1.38 bits per heavy atom. The Balaban J connectivity index is 2.16. The van der Waals surface area contributed by atoms with Gasteiger partial charge in [-0.15, -0.1) is 0 Å². The Morgan fingerprint density at radius 3 is 2.56 bits per heavy atom. The largest absolute Gasteiger partial charge is 0.396 e. The molecule has 0 saturated carbocycles. The molecule has 0 aromatic rings. The molecule has 4 heteroatoms. The van der Waals surface area contributed by atoms with Gasteiger partial charge in [0.15, 0.2) is 0 Å². The van der Waals surface area contributed by atoms with Crippen molar-refractivity contribution in [1.82, 2.24) is 10.2 Å². The lowest BCUT2D eigenvalue weighted by Crippen LogP contribution is -2.40. The molecular weight excluding hydrogens is 204 g/mol. The van der Waals surface area contributed by atoms with Crippen molar-refractivity contribution in [3.63, 3.8) is 0 Å². The number of nitrogens with zero attached hydrogens (tertiary/aromatic N) is 1. The van der Waals surface area contributed by atoms with Crippen molar-refractivity contribution < 1.29 is 10.2 Å². The molecule has 1 heterocycles. The number of hydrogen-bond donors (Lipinski definition) is 3. The first-order valence-electron chi connectivity index (χ1n) is 6.28. The van der Waals surface area contributed by atoms with E-state index < -0.39 is 0 Å². The maximum absolute atomic E-state index is 9.15. The highest BCUT2D eigenvalue weighted by molar-refractivity contribution is 4.79. The van der Waals surface area contributed by atoms with Gasteiger partial charge in [0.05, 0.1) is 13.2 Å². The van der Waals surface area contributed by atoms with Crippen molar-refractivity contribution in [2.24, 2.45) is 11.3 Å². The highest BCUT2D eigenvalue weighted by Gasteiger charge is 2.24. The Hall–Kier alpha value is -0.160. The normalized spacial score (nSPS) is 22.9. The number of rotatable bonds is 7. The van der Waals surface area contributed by atoms with Crippen LogP contribution in [0.2, 0.25) is 0 Å². The third kappa shape index (κ3) is 4.01. The number of nitrogens with one attached hydrogen (secondary N) is 1. The first-order chi connectivity index (χ1) is 7.63.